The molecule has 0 atom stereocenters. The van der Waals surface area contributed by atoms with Gasteiger partial charge in [-0.2, -0.15) is 0 Å². The second-order valence-electron chi connectivity index (χ2n) is 3.12. The quantitative estimate of drug-likeness (QED) is 0.737. The molecule has 0 radical (unpaired) electrons. The molecule has 1 N–H and O–H groups in total. The van der Waals surface area contributed by atoms with Gasteiger partial charge in [-0.3, -0.25) is 0 Å². The first-order chi connectivity index (χ1) is 5.75. The van der Waals surface area contributed by atoms with Crippen LogP contribution in [0.1, 0.15) is 32.6 Å². The Balaban J connectivity index is 2.64. The molecule has 68 valence electrons. The average molecular weight is 167 g/mol. The van der Waals surface area contributed by atoms with Crippen molar-refractivity contribution in [1.82, 2.24) is 14.9 Å². The van der Waals surface area contributed by atoms with Crippen LogP contribution in [0.2, 0.25) is 0 Å². The molecule has 0 aromatic carbocycles. The van der Waals surface area contributed by atoms with E-state index < -0.39 is 0 Å². The summed E-state index contributed by atoms with van der Waals surface area (Å²) in [6.07, 6.45) is 3.88. The first-order valence-electron chi connectivity index (χ1n) is 4.48. The Bertz CT molecular complexity index is 227. The number of rotatable bonds is 4. The number of nitrogens with one attached hydrogen (secondary N) is 1. The molecule has 3 nitrogen and oxygen atoms in total. The Morgan fingerprint density at radius 3 is 2.92 bits per heavy atom. The molecular weight excluding hydrogens is 150 g/mol. The Labute approximate surface area is 73.8 Å². The SMILES string of the molecule is CCNCc1nccn1C(C)C. The lowest BCUT2D eigenvalue weighted by molar-refractivity contribution is 0.547. The third-order valence-corrected chi connectivity index (χ3v) is 1.84. The Kier molecular flexibility index (Phi) is 3.29. The van der Waals surface area contributed by atoms with E-state index in [1.807, 2.05) is 12.4 Å². The van der Waals surface area contributed by atoms with E-state index in [9.17, 15) is 0 Å². The first-order valence-corrected chi connectivity index (χ1v) is 4.48. The van der Waals surface area contributed by atoms with Gasteiger partial charge >= 0.3 is 0 Å². The molecule has 0 amide bonds. The van der Waals surface area contributed by atoms with E-state index >= 15 is 0 Å². The number of aromatic nitrogens is 2. The van der Waals surface area contributed by atoms with Gasteiger partial charge in [-0.25, -0.2) is 4.98 Å². The van der Waals surface area contributed by atoms with Crippen LogP contribution in [0.5, 0.6) is 0 Å². The summed E-state index contributed by atoms with van der Waals surface area (Å²) in [5.41, 5.74) is 0. The molecule has 0 aliphatic carbocycles. The van der Waals surface area contributed by atoms with Crippen molar-refractivity contribution >= 4 is 0 Å². The predicted octanol–water partition coefficient (Wildman–Crippen LogP) is 1.57. The topological polar surface area (TPSA) is 29.9 Å². The van der Waals surface area contributed by atoms with Crippen LogP contribution in [-0.2, 0) is 6.54 Å². The van der Waals surface area contributed by atoms with Gasteiger partial charge in [0.2, 0.25) is 0 Å². The summed E-state index contributed by atoms with van der Waals surface area (Å²) >= 11 is 0. The Morgan fingerprint density at radius 1 is 1.58 bits per heavy atom. The van der Waals surface area contributed by atoms with Crippen molar-refractivity contribution in [2.75, 3.05) is 6.54 Å². The summed E-state index contributed by atoms with van der Waals surface area (Å²) in [6, 6.07) is 0.501. The van der Waals surface area contributed by atoms with Crippen LogP contribution >= 0.6 is 0 Å². The van der Waals surface area contributed by atoms with E-state index in [-0.39, 0.29) is 0 Å². The summed E-state index contributed by atoms with van der Waals surface area (Å²) in [4.78, 5) is 4.28. The molecule has 0 saturated heterocycles. The van der Waals surface area contributed by atoms with Gasteiger partial charge in [0, 0.05) is 18.4 Å². The summed E-state index contributed by atoms with van der Waals surface area (Å²) in [5, 5.41) is 3.26. The zero-order valence-corrected chi connectivity index (χ0v) is 8.04. The predicted molar refractivity (Wildman–Crippen MR) is 50.0 cm³/mol. The van der Waals surface area contributed by atoms with Crippen molar-refractivity contribution in [3.05, 3.63) is 18.2 Å². The molecule has 1 aromatic heterocycles. The van der Waals surface area contributed by atoms with Crippen molar-refractivity contribution in [1.29, 1.82) is 0 Å². The summed E-state index contributed by atoms with van der Waals surface area (Å²) < 4.78 is 2.18. The van der Waals surface area contributed by atoms with Gasteiger partial charge in [0.25, 0.3) is 0 Å². The lowest BCUT2D eigenvalue weighted by Gasteiger charge is -2.10. The Morgan fingerprint density at radius 2 is 2.33 bits per heavy atom. The van der Waals surface area contributed by atoms with Crippen molar-refractivity contribution < 1.29 is 0 Å². The minimum Gasteiger partial charge on any atom is -0.331 e. The van der Waals surface area contributed by atoms with E-state index in [1.165, 1.54) is 0 Å². The molecule has 0 saturated carbocycles. The lowest BCUT2D eigenvalue weighted by atomic mass is 10.4. The normalized spacial score (nSPS) is 11.0. The minimum absolute atomic E-state index is 0.501. The monoisotopic (exact) mass is 167 g/mol. The van der Waals surface area contributed by atoms with Crippen LogP contribution in [0.4, 0.5) is 0 Å². The van der Waals surface area contributed by atoms with Gasteiger partial charge in [-0.1, -0.05) is 6.92 Å². The van der Waals surface area contributed by atoms with Crippen LogP contribution < -0.4 is 5.32 Å². The van der Waals surface area contributed by atoms with Crippen LogP contribution in [0, 0.1) is 0 Å². The molecule has 1 rings (SSSR count). The highest BCUT2D eigenvalue weighted by Crippen LogP contribution is 2.06. The van der Waals surface area contributed by atoms with Gasteiger partial charge in [-0.15, -0.1) is 0 Å². The highest BCUT2D eigenvalue weighted by Gasteiger charge is 2.03. The fourth-order valence-corrected chi connectivity index (χ4v) is 1.19. The molecule has 0 aliphatic heterocycles. The van der Waals surface area contributed by atoms with Gasteiger partial charge in [0.05, 0.1) is 6.54 Å². The van der Waals surface area contributed by atoms with Gasteiger partial charge < -0.3 is 9.88 Å². The van der Waals surface area contributed by atoms with Gasteiger partial charge in [0.15, 0.2) is 0 Å². The largest absolute Gasteiger partial charge is 0.331 e. The van der Waals surface area contributed by atoms with Crippen molar-refractivity contribution in [3.63, 3.8) is 0 Å². The van der Waals surface area contributed by atoms with E-state index in [1.54, 1.807) is 0 Å². The highest BCUT2D eigenvalue weighted by atomic mass is 15.1. The molecule has 3 heteroatoms. The van der Waals surface area contributed by atoms with Crippen molar-refractivity contribution in [2.24, 2.45) is 0 Å². The van der Waals surface area contributed by atoms with E-state index in [0.717, 1.165) is 18.9 Å². The van der Waals surface area contributed by atoms with E-state index in [4.69, 9.17) is 0 Å². The third-order valence-electron chi connectivity index (χ3n) is 1.84. The smallest absolute Gasteiger partial charge is 0.122 e. The van der Waals surface area contributed by atoms with Crippen LogP contribution in [0.15, 0.2) is 12.4 Å². The molecule has 0 fully saturated rings. The number of nitrogens with zero attached hydrogens (tertiary/aromatic N) is 2. The summed E-state index contributed by atoms with van der Waals surface area (Å²) in [5.74, 6) is 1.12. The third kappa shape index (κ3) is 2.08. The molecule has 0 unspecified atom stereocenters. The maximum Gasteiger partial charge on any atom is 0.122 e. The second kappa shape index (κ2) is 4.26. The summed E-state index contributed by atoms with van der Waals surface area (Å²) in [7, 11) is 0. The van der Waals surface area contributed by atoms with Crippen LogP contribution in [-0.4, -0.2) is 16.1 Å². The molecule has 12 heavy (non-hydrogen) atoms. The Hall–Kier alpha value is -0.830. The number of hydrogen-bond acceptors (Lipinski definition) is 2. The second-order valence-corrected chi connectivity index (χ2v) is 3.12. The zero-order chi connectivity index (χ0) is 8.97. The molecular formula is C9H17N3. The highest BCUT2D eigenvalue weighted by molar-refractivity contribution is 4.93. The fourth-order valence-electron chi connectivity index (χ4n) is 1.19. The molecule has 1 aromatic rings. The molecule has 0 bridgehead atoms. The fraction of sp³-hybridized carbons (Fsp3) is 0.667. The van der Waals surface area contributed by atoms with Crippen molar-refractivity contribution in [2.45, 2.75) is 33.4 Å². The van der Waals surface area contributed by atoms with Crippen molar-refractivity contribution in [3.8, 4) is 0 Å². The van der Waals surface area contributed by atoms with Gasteiger partial charge in [-0.05, 0) is 20.4 Å². The molecule has 0 spiro atoms. The number of imidazole rings is 1. The van der Waals surface area contributed by atoms with Gasteiger partial charge in [0.1, 0.15) is 5.82 Å². The standard InChI is InChI=1S/C9H17N3/c1-4-10-7-9-11-5-6-12(9)8(2)3/h5-6,8,10H,4,7H2,1-3H3. The van der Waals surface area contributed by atoms with E-state index in [2.05, 4.69) is 35.6 Å². The minimum atomic E-state index is 0.501. The van der Waals surface area contributed by atoms with E-state index in [0.29, 0.717) is 6.04 Å². The zero-order valence-electron chi connectivity index (χ0n) is 8.04. The summed E-state index contributed by atoms with van der Waals surface area (Å²) in [6.45, 7) is 8.28. The molecule has 1 heterocycles. The average Bonchev–Trinajstić information content (AvgIpc) is 2.48. The maximum absolute atomic E-state index is 4.28. The maximum atomic E-state index is 4.28. The molecule has 0 aliphatic rings. The first kappa shape index (κ1) is 9.26. The van der Waals surface area contributed by atoms with Crippen LogP contribution in [0.25, 0.3) is 0 Å². The lowest BCUT2D eigenvalue weighted by Crippen LogP contribution is -2.16. The van der Waals surface area contributed by atoms with Crippen LogP contribution in [0.3, 0.4) is 0 Å². The number of hydrogen-bond donors (Lipinski definition) is 1.